The second-order valence-corrected chi connectivity index (χ2v) is 5.33. The van der Waals surface area contributed by atoms with Gasteiger partial charge in [0.2, 0.25) is 0 Å². The van der Waals surface area contributed by atoms with Gasteiger partial charge in [-0.15, -0.1) is 5.73 Å². The Hall–Kier alpha value is -2.58. The van der Waals surface area contributed by atoms with E-state index in [9.17, 15) is 9.59 Å². The summed E-state index contributed by atoms with van der Waals surface area (Å²) in [7, 11) is 0. The van der Waals surface area contributed by atoms with Gasteiger partial charge in [0, 0.05) is 6.54 Å². The summed E-state index contributed by atoms with van der Waals surface area (Å²) in [5.41, 5.74) is 4.33. The van der Waals surface area contributed by atoms with Crippen molar-refractivity contribution in [2.45, 2.75) is 25.5 Å². The van der Waals surface area contributed by atoms with E-state index >= 15 is 0 Å². The number of nitrogens with zero attached hydrogens (tertiary/aromatic N) is 1. The van der Waals surface area contributed by atoms with Crippen LogP contribution in [0.25, 0.3) is 0 Å². The van der Waals surface area contributed by atoms with Gasteiger partial charge in [-0.1, -0.05) is 36.4 Å². The zero-order valence-corrected chi connectivity index (χ0v) is 12.2. The lowest BCUT2D eigenvalue weighted by atomic mass is 10.2. The molecule has 4 nitrogen and oxygen atoms in total. The van der Waals surface area contributed by atoms with E-state index in [2.05, 4.69) is 5.73 Å². The van der Waals surface area contributed by atoms with Gasteiger partial charge >= 0.3 is 5.97 Å². The van der Waals surface area contributed by atoms with Gasteiger partial charge in [0.1, 0.15) is 12.6 Å². The number of esters is 1. The molecule has 1 aliphatic carbocycles. The summed E-state index contributed by atoms with van der Waals surface area (Å²) in [6.45, 7) is 0.823. The molecule has 2 aliphatic rings. The maximum absolute atomic E-state index is 12.4. The van der Waals surface area contributed by atoms with Crippen LogP contribution in [0.5, 0.6) is 0 Å². The maximum Gasteiger partial charge on any atom is 0.329 e. The van der Waals surface area contributed by atoms with Gasteiger partial charge in [-0.2, -0.15) is 0 Å². The van der Waals surface area contributed by atoms with E-state index in [0.717, 1.165) is 12.0 Å². The quantitative estimate of drug-likeness (QED) is 0.633. The molecule has 1 aliphatic heterocycles. The van der Waals surface area contributed by atoms with Crippen molar-refractivity contribution in [2.75, 3.05) is 6.54 Å². The van der Waals surface area contributed by atoms with E-state index < -0.39 is 6.04 Å². The van der Waals surface area contributed by atoms with Gasteiger partial charge in [-0.25, -0.2) is 4.79 Å². The Kier molecular flexibility index (Phi) is 4.22. The summed E-state index contributed by atoms with van der Waals surface area (Å²) in [5, 5.41) is 0. The van der Waals surface area contributed by atoms with Crippen LogP contribution in [-0.4, -0.2) is 29.4 Å². The Morgan fingerprint density at radius 3 is 2.82 bits per heavy atom. The first-order valence-electron chi connectivity index (χ1n) is 7.40. The van der Waals surface area contributed by atoms with E-state index in [1.807, 2.05) is 30.3 Å². The summed E-state index contributed by atoms with van der Waals surface area (Å²) in [6.07, 6.45) is 6.66. The monoisotopic (exact) mass is 295 g/mol. The second kappa shape index (κ2) is 6.46. The highest BCUT2D eigenvalue weighted by Crippen LogP contribution is 2.22. The van der Waals surface area contributed by atoms with E-state index in [1.54, 1.807) is 23.1 Å². The largest absolute Gasteiger partial charge is 0.459 e. The van der Waals surface area contributed by atoms with Crippen molar-refractivity contribution in [1.29, 1.82) is 0 Å². The molecule has 3 rings (SSSR count). The molecular formula is C18H17NO3. The molecule has 1 atom stereocenters. The lowest BCUT2D eigenvalue weighted by molar-refractivity contribution is -0.153. The van der Waals surface area contributed by atoms with Crippen LogP contribution in [-0.2, 0) is 20.9 Å². The zero-order valence-electron chi connectivity index (χ0n) is 12.2. The molecule has 0 spiro atoms. The average Bonchev–Trinajstić information content (AvgIpc) is 3.24. The van der Waals surface area contributed by atoms with Crippen molar-refractivity contribution in [3.63, 3.8) is 0 Å². The average molecular weight is 295 g/mol. The molecule has 1 heterocycles. The number of likely N-dealkylation sites (tertiary alicyclic amines) is 1. The summed E-state index contributed by atoms with van der Waals surface area (Å²) in [5.74, 6) is -0.481. The number of rotatable bonds is 4. The zero-order chi connectivity index (χ0) is 15.4. The molecule has 0 bridgehead atoms. The Balaban J connectivity index is 1.62. The maximum atomic E-state index is 12.4. The highest BCUT2D eigenvalue weighted by Gasteiger charge is 2.36. The van der Waals surface area contributed by atoms with Crippen LogP contribution in [0.1, 0.15) is 18.4 Å². The van der Waals surface area contributed by atoms with E-state index in [-0.39, 0.29) is 18.5 Å². The first-order chi connectivity index (χ1) is 10.8. The van der Waals surface area contributed by atoms with E-state index in [0.29, 0.717) is 18.5 Å². The third-order valence-corrected chi connectivity index (χ3v) is 3.84. The molecule has 1 aromatic rings. The minimum absolute atomic E-state index is 0.149. The predicted octanol–water partition coefficient (Wildman–Crippen LogP) is 2.37. The molecular weight excluding hydrogens is 278 g/mol. The normalized spacial score (nSPS) is 19.4. The standard InChI is InChI=1S/C18H17NO3/c20-17(15-9-4-5-10-15)19-12-6-11-16(19)18(21)22-13-14-7-2-1-3-8-14/h1-5,7-9,16H,6,11-13H2/t16-/m0/s1. The Labute approximate surface area is 129 Å². The van der Waals surface area contributed by atoms with E-state index in [1.165, 1.54) is 0 Å². The molecule has 0 radical (unpaired) electrons. The lowest BCUT2D eigenvalue weighted by Gasteiger charge is -2.23. The summed E-state index contributed by atoms with van der Waals surface area (Å²) >= 11 is 0. The Bertz CT molecular complexity index is 669. The summed E-state index contributed by atoms with van der Waals surface area (Å²) in [6, 6.07) is 9.05. The molecule has 0 saturated carbocycles. The van der Waals surface area contributed by atoms with Crippen LogP contribution in [0.4, 0.5) is 0 Å². The number of allylic oxidation sites excluding steroid dienone is 1. The van der Waals surface area contributed by atoms with Crippen molar-refractivity contribution in [3.8, 4) is 0 Å². The van der Waals surface area contributed by atoms with Gasteiger partial charge in [0.25, 0.3) is 5.91 Å². The second-order valence-electron chi connectivity index (χ2n) is 5.33. The lowest BCUT2D eigenvalue weighted by Crippen LogP contribution is -2.41. The van der Waals surface area contributed by atoms with Gasteiger partial charge < -0.3 is 9.64 Å². The van der Waals surface area contributed by atoms with Crippen LogP contribution in [0.15, 0.2) is 59.9 Å². The number of hydrogen-bond donors (Lipinski definition) is 0. The highest BCUT2D eigenvalue weighted by molar-refractivity contribution is 5.99. The Morgan fingerprint density at radius 1 is 1.27 bits per heavy atom. The van der Waals surface area contributed by atoms with Crippen LogP contribution in [0.3, 0.4) is 0 Å². The molecule has 0 aromatic heterocycles. The fourth-order valence-electron chi connectivity index (χ4n) is 2.70. The minimum Gasteiger partial charge on any atom is -0.459 e. The van der Waals surface area contributed by atoms with Gasteiger partial charge in [0.05, 0.1) is 5.57 Å². The number of carbonyl (C=O) groups is 2. The number of hydrogen-bond acceptors (Lipinski definition) is 3. The fourth-order valence-corrected chi connectivity index (χ4v) is 2.70. The van der Waals surface area contributed by atoms with Crippen molar-refractivity contribution in [2.24, 2.45) is 0 Å². The smallest absolute Gasteiger partial charge is 0.329 e. The topological polar surface area (TPSA) is 46.6 Å². The first kappa shape index (κ1) is 14.4. The molecule has 0 N–H and O–H groups in total. The van der Waals surface area contributed by atoms with Crippen LogP contribution in [0.2, 0.25) is 0 Å². The van der Waals surface area contributed by atoms with E-state index in [4.69, 9.17) is 4.74 Å². The van der Waals surface area contributed by atoms with Crippen molar-refractivity contribution in [1.82, 2.24) is 4.90 Å². The van der Waals surface area contributed by atoms with Crippen molar-refractivity contribution < 1.29 is 14.3 Å². The number of amides is 1. The van der Waals surface area contributed by atoms with Gasteiger partial charge in [-0.3, -0.25) is 4.79 Å². The molecule has 1 aromatic carbocycles. The van der Waals surface area contributed by atoms with Crippen LogP contribution >= 0.6 is 0 Å². The molecule has 1 saturated heterocycles. The third kappa shape index (κ3) is 3.02. The predicted molar refractivity (Wildman–Crippen MR) is 81.7 cm³/mol. The summed E-state index contributed by atoms with van der Waals surface area (Å²) < 4.78 is 5.37. The van der Waals surface area contributed by atoms with Crippen molar-refractivity contribution in [3.05, 3.63) is 65.4 Å². The molecule has 112 valence electrons. The minimum atomic E-state index is -0.487. The van der Waals surface area contributed by atoms with Crippen molar-refractivity contribution >= 4 is 11.9 Å². The molecule has 4 heteroatoms. The van der Waals surface area contributed by atoms with Gasteiger partial charge in [0.15, 0.2) is 0 Å². The molecule has 1 amide bonds. The SMILES string of the molecule is O=C(OCc1ccccc1)[C@@H]1CCCN1C(=O)C1=C=CC=C1. The number of carbonyl (C=O) groups excluding carboxylic acids is 2. The fraction of sp³-hybridized carbons (Fsp3) is 0.278. The first-order valence-corrected chi connectivity index (χ1v) is 7.40. The Morgan fingerprint density at radius 2 is 2.09 bits per heavy atom. The summed E-state index contributed by atoms with van der Waals surface area (Å²) in [4.78, 5) is 26.3. The van der Waals surface area contributed by atoms with Gasteiger partial charge in [-0.05, 0) is 30.6 Å². The van der Waals surface area contributed by atoms with Crippen LogP contribution < -0.4 is 0 Å². The molecule has 0 unspecified atom stereocenters. The third-order valence-electron chi connectivity index (χ3n) is 3.84. The number of benzene rings is 1. The molecule has 1 fully saturated rings. The number of ether oxygens (including phenoxy) is 1. The van der Waals surface area contributed by atoms with Crippen LogP contribution in [0, 0.1) is 0 Å². The molecule has 22 heavy (non-hydrogen) atoms. The highest BCUT2D eigenvalue weighted by atomic mass is 16.5.